The van der Waals surface area contributed by atoms with Crippen molar-refractivity contribution in [2.75, 3.05) is 27.3 Å². The Morgan fingerprint density at radius 3 is 2.78 bits per heavy atom. The molecule has 1 aliphatic heterocycles. The molecule has 0 N–H and O–H groups in total. The van der Waals surface area contributed by atoms with Crippen LogP contribution in [0.4, 0.5) is 0 Å². The summed E-state index contributed by atoms with van der Waals surface area (Å²) < 4.78 is 12.0. The largest absolute Gasteiger partial charge is 0.493 e. The molecular weight excluding hydrogens is 360 g/mol. The number of amides is 1. The predicted octanol–water partition coefficient (Wildman–Crippen LogP) is 4.33. The molecule has 0 unspecified atom stereocenters. The number of fused-ring (bicyclic) bond motifs is 1. The van der Waals surface area contributed by atoms with E-state index in [1.807, 2.05) is 29.2 Å². The third kappa shape index (κ3) is 3.37. The summed E-state index contributed by atoms with van der Waals surface area (Å²) in [6.45, 7) is 1.43. The first-order chi connectivity index (χ1) is 13.2. The van der Waals surface area contributed by atoms with Crippen molar-refractivity contribution in [1.82, 2.24) is 9.88 Å². The predicted molar refractivity (Wildman–Crippen MR) is 107 cm³/mol. The average molecular weight is 382 g/mol. The van der Waals surface area contributed by atoms with Gasteiger partial charge >= 0.3 is 0 Å². The Hall–Kier alpha value is -2.60. The van der Waals surface area contributed by atoms with Gasteiger partial charge in [0.15, 0.2) is 11.5 Å². The van der Waals surface area contributed by atoms with Gasteiger partial charge in [0.25, 0.3) is 5.91 Å². The molecule has 3 aromatic rings. The van der Waals surface area contributed by atoms with Gasteiger partial charge in [-0.05, 0) is 37.1 Å². The maximum Gasteiger partial charge on any atom is 0.257 e. The van der Waals surface area contributed by atoms with Gasteiger partial charge in [0, 0.05) is 19.0 Å². The smallest absolute Gasteiger partial charge is 0.257 e. The second-order valence-corrected chi connectivity index (χ2v) is 7.71. The lowest BCUT2D eigenvalue weighted by atomic mass is 9.98. The van der Waals surface area contributed by atoms with Crippen molar-refractivity contribution < 1.29 is 14.3 Å². The van der Waals surface area contributed by atoms with E-state index in [9.17, 15) is 4.79 Å². The number of carbonyl (C=O) groups is 1. The first kappa shape index (κ1) is 17.8. The zero-order chi connectivity index (χ0) is 18.8. The second kappa shape index (κ2) is 7.56. The minimum atomic E-state index is -0.0171. The Bertz CT molecular complexity index is 936. The molecule has 1 fully saturated rings. The number of piperidine rings is 1. The molecule has 1 amide bonds. The van der Waals surface area contributed by atoms with Crippen LogP contribution in [0.1, 0.15) is 34.1 Å². The number of hydrogen-bond acceptors (Lipinski definition) is 5. The number of likely N-dealkylation sites (tertiary alicyclic amines) is 1. The summed E-state index contributed by atoms with van der Waals surface area (Å²) >= 11 is 1.73. The lowest BCUT2D eigenvalue weighted by Gasteiger charge is -2.32. The van der Waals surface area contributed by atoms with E-state index in [1.165, 1.54) is 4.70 Å². The van der Waals surface area contributed by atoms with Crippen molar-refractivity contribution in [3.8, 4) is 11.5 Å². The maximum absolute atomic E-state index is 13.2. The van der Waals surface area contributed by atoms with Crippen LogP contribution in [-0.2, 0) is 0 Å². The molecule has 140 valence electrons. The van der Waals surface area contributed by atoms with Gasteiger partial charge in [-0.25, -0.2) is 4.98 Å². The van der Waals surface area contributed by atoms with E-state index >= 15 is 0 Å². The fraction of sp³-hybridized carbons (Fsp3) is 0.333. The van der Waals surface area contributed by atoms with Gasteiger partial charge in [-0.3, -0.25) is 4.79 Å². The van der Waals surface area contributed by atoms with E-state index < -0.39 is 0 Å². The van der Waals surface area contributed by atoms with Gasteiger partial charge in [-0.2, -0.15) is 0 Å². The van der Waals surface area contributed by atoms with Crippen LogP contribution in [0.15, 0.2) is 42.5 Å². The summed E-state index contributed by atoms with van der Waals surface area (Å²) in [6, 6.07) is 13.6. The number of benzene rings is 2. The van der Waals surface area contributed by atoms with Gasteiger partial charge in [0.2, 0.25) is 0 Å². The van der Waals surface area contributed by atoms with Crippen molar-refractivity contribution in [2.45, 2.75) is 18.8 Å². The molecule has 0 bridgehead atoms. The number of rotatable bonds is 4. The van der Waals surface area contributed by atoms with Gasteiger partial charge in [-0.15, -0.1) is 11.3 Å². The van der Waals surface area contributed by atoms with E-state index in [0.717, 1.165) is 29.9 Å². The Morgan fingerprint density at radius 2 is 2.00 bits per heavy atom. The summed E-state index contributed by atoms with van der Waals surface area (Å²) in [5.74, 6) is 1.32. The number of ether oxygens (including phenoxy) is 2. The second-order valence-electron chi connectivity index (χ2n) is 6.65. The highest BCUT2D eigenvalue weighted by atomic mass is 32.1. The fourth-order valence-electron chi connectivity index (χ4n) is 3.65. The Morgan fingerprint density at radius 1 is 1.15 bits per heavy atom. The van der Waals surface area contributed by atoms with Crippen molar-refractivity contribution in [3.63, 3.8) is 0 Å². The van der Waals surface area contributed by atoms with Crippen LogP contribution in [0, 0.1) is 0 Å². The molecule has 0 saturated carbocycles. The Kier molecular flexibility index (Phi) is 4.99. The summed E-state index contributed by atoms with van der Waals surface area (Å²) in [4.78, 5) is 19.9. The standard InChI is InChI=1S/C21H22N2O3S/c1-25-17-10-5-8-15(19(17)26-2)21(24)23-12-6-7-14(13-23)20-22-16-9-3-4-11-18(16)27-20/h3-5,8-11,14H,6-7,12-13H2,1-2H3/t14-/m0/s1. The third-order valence-corrected chi connectivity index (χ3v) is 6.20. The normalized spacial score (nSPS) is 17.1. The van der Waals surface area contributed by atoms with Crippen LogP contribution in [0.25, 0.3) is 10.2 Å². The van der Waals surface area contributed by atoms with Crippen LogP contribution in [0.3, 0.4) is 0 Å². The highest BCUT2D eigenvalue weighted by molar-refractivity contribution is 7.18. The number of aromatic nitrogens is 1. The summed E-state index contributed by atoms with van der Waals surface area (Å²) in [5, 5.41) is 1.12. The average Bonchev–Trinajstić information content (AvgIpc) is 3.17. The lowest BCUT2D eigenvalue weighted by molar-refractivity contribution is 0.0703. The Labute approximate surface area is 162 Å². The molecule has 2 aromatic carbocycles. The van der Waals surface area contributed by atoms with Crippen molar-refractivity contribution in [3.05, 3.63) is 53.0 Å². The number of thiazole rings is 1. The number of methoxy groups -OCH3 is 2. The van der Waals surface area contributed by atoms with Crippen LogP contribution in [0.2, 0.25) is 0 Å². The highest BCUT2D eigenvalue weighted by Gasteiger charge is 2.29. The summed E-state index contributed by atoms with van der Waals surface area (Å²) in [6.07, 6.45) is 2.03. The maximum atomic E-state index is 13.2. The van der Waals surface area contributed by atoms with Crippen LogP contribution in [0.5, 0.6) is 11.5 Å². The number of para-hydroxylation sites is 2. The molecule has 5 nitrogen and oxygen atoms in total. The molecule has 4 rings (SSSR count). The summed E-state index contributed by atoms with van der Waals surface area (Å²) in [7, 11) is 3.14. The number of nitrogens with zero attached hydrogens (tertiary/aromatic N) is 2. The number of carbonyl (C=O) groups excluding carboxylic acids is 1. The van der Waals surface area contributed by atoms with E-state index in [2.05, 4.69) is 6.07 Å². The van der Waals surface area contributed by atoms with E-state index in [4.69, 9.17) is 14.5 Å². The molecule has 1 aromatic heterocycles. The first-order valence-electron chi connectivity index (χ1n) is 9.07. The molecule has 0 aliphatic carbocycles. The Balaban J connectivity index is 1.59. The molecule has 6 heteroatoms. The SMILES string of the molecule is COc1cccc(C(=O)N2CCC[C@H](c3nc4ccccc4s3)C2)c1OC. The number of hydrogen-bond donors (Lipinski definition) is 0. The molecular formula is C21H22N2O3S. The van der Waals surface area contributed by atoms with Crippen molar-refractivity contribution in [1.29, 1.82) is 0 Å². The molecule has 27 heavy (non-hydrogen) atoms. The molecule has 0 radical (unpaired) electrons. The third-order valence-electron chi connectivity index (χ3n) is 5.00. The van der Waals surface area contributed by atoms with Gasteiger partial charge < -0.3 is 14.4 Å². The quantitative estimate of drug-likeness (QED) is 0.674. The van der Waals surface area contributed by atoms with Gasteiger partial charge in [0.05, 0.1) is 35.0 Å². The van der Waals surface area contributed by atoms with Crippen LogP contribution >= 0.6 is 11.3 Å². The molecule has 1 aliphatic rings. The first-order valence-corrected chi connectivity index (χ1v) is 9.88. The van der Waals surface area contributed by atoms with E-state index in [1.54, 1.807) is 37.7 Å². The molecule has 1 atom stereocenters. The molecule has 2 heterocycles. The minimum absolute atomic E-state index is 0.0171. The topological polar surface area (TPSA) is 51.7 Å². The zero-order valence-corrected chi connectivity index (χ0v) is 16.3. The molecule has 0 spiro atoms. The van der Waals surface area contributed by atoms with Crippen LogP contribution < -0.4 is 9.47 Å². The van der Waals surface area contributed by atoms with Gasteiger partial charge in [0.1, 0.15) is 0 Å². The summed E-state index contributed by atoms with van der Waals surface area (Å²) in [5.41, 5.74) is 1.58. The van der Waals surface area contributed by atoms with Crippen LogP contribution in [-0.4, -0.2) is 43.1 Å². The monoisotopic (exact) mass is 382 g/mol. The minimum Gasteiger partial charge on any atom is -0.493 e. The fourth-order valence-corrected chi connectivity index (χ4v) is 4.75. The van der Waals surface area contributed by atoms with Gasteiger partial charge in [-0.1, -0.05) is 18.2 Å². The highest BCUT2D eigenvalue weighted by Crippen LogP contribution is 2.35. The lowest BCUT2D eigenvalue weighted by Crippen LogP contribution is -2.39. The van der Waals surface area contributed by atoms with E-state index in [-0.39, 0.29) is 11.8 Å². The zero-order valence-electron chi connectivity index (χ0n) is 15.5. The van der Waals surface area contributed by atoms with Crippen molar-refractivity contribution in [2.24, 2.45) is 0 Å². The van der Waals surface area contributed by atoms with E-state index in [0.29, 0.717) is 23.6 Å². The molecule has 1 saturated heterocycles. The van der Waals surface area contributed by atoms with Crippen molar-refractivity contribution >= 4 is 27.5 Å².